The predicted molar refractivity (Wildman–Crippen MR) is 111 cm³/mol. The summed E-state index contributed by atoms with van der Waals surface area (Å²) in [6.07, 6.45) is 0. The number of thiazole rings is 1. The van der Waals surface area contributed by atoms with E-state index in [0.29, 0.717) is 17.9 Å². The number of hydrogen-bond donors (Lipinski definition) is 1. The molecular formula is C21H20N4O2S. The highest BCUT2D eigenvalue weighted by Crippen LogP contribution is 2.29. The van der Waals surface area contributed by atoms with Gasteiger partial charge in [-0.25, -0.2) is 4.52 Å². The van der Waals surface area contributed by atoms with Gasteiger partial charge in [0.05, 0.1) is 12.3 Å². The summed E-state index contributed by atoms with van der Waals surface area (Å²) < 4.78 is 7.23. The van der Waals surface area contributed by atoms with Gasteiger partial charge in [-0.15, -0.1) is 16.4 Å². The summed E-state index contributed by atoms with van der Waals surface area (Å²) >= 11 is 1.49. The van der Waals surface area contributed by atoms with E-state index in [0.717, 1.165) is 16.2 Å². The van der Waals surface area contributed by atoms with Crippen LogP contribution in [0.1, 0.15) is 28.4 Å². The van der Waals surface area contributed by atoms with Crippen LogP contribution < -0.4 is 10.1 Å². The van der Waals surface area contributed by atoms with E-state index in [9.17, 15) is 4.79 Å². The van der Waals surface area contributed by atoms with Crippen LogP contribution in [-0.4, -0.2) is 27.1 Å². The molecule has 0 unspecified atom stereocenters. The summed E-state index contributed by atoms with van der Waals surface area (Å²) in [7, 11) is 0. The lowest BCUT2D eigenvalue weighted by atomic mass is 10.0. The van der Waals surface area contributed by atoms with Crippen LogP contribution in [0.25, 0.3) is 16.2 Å². The fraction of sp³-hybridized carbons (Fsp3) is 0.190. The van der Waals surface area contributed by atoms with E-state index in [4.69, 9.17) is 4.74 Å². The zero-order valence-corrected chi connectivity index (χ0v) is 16.7. The third kappa shape index (κ3) is 3.48. The first-order chi connectivity index (χ1) is 13.5. The second-order valence-corrected chi connectivity index (χ2v) is 7.32. The number of hydrogen-bond acceptors (Lipinski definition) is 5. The molecule has 6 nitrogen and oxygen atoms in total. The molecule has 4 aromatic rings. The van der Waals surface area contributed by atoms with Crippen molar-refractivity contribution in [1.82, 2.24) is 14.6 Å². The number of ether oxygens (including phenoxy) is 1. The van der Waals surface area contributed by atoms with Crippen LogP contribution in [0.15, 0.2) is 47.8 Å². The number of nitrogens with one attached hydrogen (secondary N) is 1. The van der Waals surface area contributed by atoms with Crippen molar-refractivity contribution in [1.29, 1.82) is 0 Å². The third-order valence-corrected chi connectivity index (χ3v) is 5.19. The van der Waals surface area contributed by atoms with E-state index in [1.54, 1.807) is 22.7 Å². The van der Waals surface area contributed by atoms with Gasteiger partial charge in [0.25, 0.3) is 11.9 Å². The van der Waals surface area contributed by atoms with E-state index < -0.39 is 0 Å². The normalized spacial score (nSPS) is 11.0. The summed E-state index contributed by atoms with van der Waals surface area (Å²) in [5.41, 5.74) is 4.95. The van der Waals surface area contributed by atoms with Crippen molar-refractivity contribution in [2.45, 2.75) is 20.8 Å². The van der Waals surface area contributed by atoms with E-state index >= 15 is 0 Å². The smallest absolute Gasteiger partial charge is 0.258 e. The quantitative estimate of drug-likeness (QED) is 0.533. The van der Waals surface area contributed by atoms with E-state index in [2.05, 4.69) is 47.4 Å². The van der Waals surface area contributed by atoms with Crippen LogP contribution in [-0.2, 0) is 0 Å². The van der Waals surface area contributed by atoms with Gasteiger partial charge in [-0.1, -0.05) is 29.8 Å². The maximum absolute atomic E-state index is 12.6. The number of carbonyl (C=O) groups is 1. The zero-order chi connectivity index (χ0) is 19.7. The average Bonchev–Trinajstić information content (AvgIpc) is 3.23. The van der Waals surface area contributed by atoms with E-state index in [1.807, 2.05) is 18.4 Å². The Morgan fingerprint density at radius 2 is 2.07 bits per heavy atom. The number of amides is 1. The van der Waals surface area contributed by atoms with Gasteiger partial charge in [-0.3, -0.25) is 10.1 Å². The van der Waals surface area contributed by atoms with Crippen molar-refractivity contribution in [2.75, 3.05) is 11.9 Å². The Balaban J connectivity index is 1.61. The molecule has 7 heteroatoms. The minimum atomic E-state index is -0.270. The number of anilines is 1. The Labute approximate surface area is 166 Å². The minimum absolute atomic E-state index is 0.270. The molecule has 1 amide bonds. The average molecular weight is 392 g/mol. The minimum Gasteiger partial charge on any atom is -0.494 e. The van der Waals surface area contributed by atoms with Crippen molar-refractivity contribution >= 4 is 28.2 Å². The summed E-state index contributed by atoms with van der Waals surface area (Å²) in [5.74, 6) is 0.670. The first-order valence-electron chi connectivity index (χ1n) is 9.01. The first-order valence-corrected chi connectivity index (χ1v) is 9.89. The Kier molecular flexibility index (Phi) is 4.83. The van der Waals surface area contributed by atoms with Gasteiger partial charge in [-0.05, 0) is 44.5 Å². The van der Waals surface area contributed by atoms with Crippen LogP contribution in [0.5, 0.6) is 5.75 Å². The number of fused-ring (bicyclic) bond motifs is 1. The van der Waals surface area contributed by atoms with Crippen LogP contribution >= 0.6 is 11.3 Å². The standard InChI is InChI=1S/C21H20N4O2S/c1-4-27-16-7-5-6-15(11-16)19(26)22-20-23-21-25(24-20)18(12-28-21)17-9-8-13(2)10-14(17)3/h5-12H,4H2,1-3H3,(H,22,24,26). The van der Waals surface area contributed by atoms with Crippen molar-refractivity contribution in [2.24, 2.45) is 0 Å². The fourth-order valence-corrected chi connectivity index (χ4v) is 3.91. The lowest BCUT2D eigenvalue weighted by molar-refractivity contribution is 0.102. The molecule has 4 rings (SSSR count). The zero-order valence-electron chi connectivity index (χ0n) is 15.9. The Morgan fingerprint density at radius 1 is 1.21 bits per heavy atom. The largest absolute Gasteiger partial charge is 0.494 e. The molecule has 0 aliphatic rings. The molecule has 0 aliphatic carbocycles. The van der Waals surface area contributed by atoms with E-state index in [1.165, 1.54) is 22.5 Å². The summed E-state index contributed by atoms with van der Waals surface area (Å²) in [5, 5.41) is 9.30. The van der Waals surface area contributed by atoms with Gasteiger partial charge in [0, 0.05) is 16.5 Å². The fourth-order valence-electron chi connectivity index (χ4n) is 3.09. The van der Waals surface area contributed by atoms with Gasteiger partial charge >= 0.3 is 0 Å². The number of aromatic nitrogens is 3. The molecule has 2 heterocycles. The first kappa shape index (κ1) is 18.2. The van der Waals surface area contributed by atoms with Gasteiger partial charge in [0.15, 0.2) is 0 Å². The molecule has 0 saturated heterocycles. The maximum atomic E-state index is 12.6. The van der Waals surface area contributed by atoms with Crippen molar-refractivity contribution in [3.63, 3.8) is 0 Å². The number of carbonyl (C=O) groups excluding carboxylic acids is 1. The molecule has 0 atom stereocenters. The van der Waals surface area contributed by atoms with Crippen molar-refractivity contribution in [3.05, 3.63) is 64.5 Å². The number of nitrogens with zero attached hydrogens (tertiary/aromatic N) is 3. The molecule has 1 N–H and O–H groups in total. The lowest BCUT2D eigenvalue weighted by Crippen LogP contribution is -2.13. The lowest BCUT2D eigenvalue weighted by Gasteiger charge is -2.06. The van der Waals surface area contributed by atoms with Gasteiger partial charge < -0.3 is 4.74 Å². The highest BCUT2D eigenvalue weighted by molar-refractivity contribution is 7.15. The molecule has 0 aliphatic heterocycles. The highest BCUT2D eigenvalue weighted by atomic mass is 32.1. The molecular weight excluding hydrogens is 372 g/mol. The molecule has 0 bridgehead atoms. The van der Waals surface area contributed by atoms with Crippen molar-refractivity contribution < 1.29 is 9.53 Å². The number of rotatable bonds is 5. The SMILES string of the molecule is CCOc1cccc(C(=O)Nc2nc3scc(-c4ccc(C)cc4C)n3n2)c1. The van der Waals surface area contributed by atoms with Crippen LogP contribution in [0.4, 0.5) is 5.95 Å². The second-order valence-electron chi connectivity index (χ2n) is 6.48. The summed E-state index contributed by atoms with van der Waals surface area (Å²) in [4.78, 5) is 17.7. The van der Waals surface area contributed by atoms with Gasteiger partial charge in [0.2, 0.25) is 4.96 Å². The second kappa shape index (κ2) is 7.44. The van der Waals surface area contributed by atoms with Crippen LogP contribution in [0, 0.1) is 13.8 Å². The Morgan fingerprint density at radius 3 is 2.86 bits per heavy atom. The van der Waals surface area contributed by atoms with Crippen molar-refractivity contribution in [3.8, 4) is 17.0 Å². The Hall–Kier alpha value is -3.19. The molecule has 2 aromatic carbocycles. The topological polar surface area (TPSA) is 68.5 Å². The molecule has 0 spiro atoms. The third-order valence-electron chi connectivity index (χ3n) is 4.37. The maximum Gasteiger partial charge on any atom is 0.258 e. The monoisotopic (exact) mass is 392 g/mol. The predicted octanol–water partition coefficient (Wildman–Crippen LogP) is 4.73. The summed E-state index contributed by atoms with van der Waals surface area (Å²) in [6.45, 7) is 6.60. The van der Waals surface area contributed by atoms with Gasteiger partial charge in [-0.2, -0.15) is 4.98 Å². The molecule has 2 aromatic heterocycles. The number of benzene rings is 2. The molecule has 142 valence electrons. The summed E-state index contributed by atoms with van der Waals surface area (Å²) in [6, 6.07) is 13.4. The van der Waals surface area contributed by atoms with E-state index in [-0.39, 0.29) is 11.9 Å². The Bertz CT molecular complexity index is 1160. The number of aryl methyl sites for hydroxylation is 2. The van der Waals surface area contributed by atoms with Crippen LogP contribution in [0.2, 0.25) is 0 Å². The highest BCUT2D eigenvalue weighted by Gasteiger charge is 2.15. The van der Waals surface area contributed by atoms with Gasteiger partial charge in [0.1, 0.15) is 5.75 Å². The van der Waals surface area contributed by atoms with Crippen LogP contribution in [0.3, 0.4) is 0 Å². The molecule has 0 saturated carbocycles. The molecule has 28 heavy (non-hydrogen) atoms. The molecule has 0 radical (unpaired) electrons. The molecule has 0 fully saturated rings.